The highest BCUT2D eigenvalue weighted by molar-refractivity contribution is 7.14. The van der Waals surface area contributed by atoms with Gasteiger partial charge in [-0.25, -0.2) is 9.78 Å². The fourth-order valence-electron chi connectivity index (χ4n) is 2.77. The van der Waals surface area contributed by atoms with Gasteiger partial charge in [-0.1, -0.05) is 29.8 Å². The van der Waals surface area contributed by atoms with Crippen LogP contribution in [0, 0.1) is 6.92 Å². The topological polar surface area (TPSA) is 76.4 Å². The van der Waals surface area contributed by atoms with E-state index in [0.29, 0.717) is 34.5 Å². The molecule has 0 bridgehead atoms. The van der Waals surface area contributed by atoms with Gasteiger partial charge in [-0.15, -0.1) is 11.3 Å². The van der Waals surface area contributed by atoms with Gasteiger partial charge in [0.15, 0.2) is 22.2 Å². The number of amides is 2. The van der Waals surface area contributed by atoms with Gasteiger partial charge in [0.05, 0.1) is 6.61 Å². The normalized spacial score (nSPS) is 10.8. The van der Waals surface area contributed by atoms with Gasteiger partial charge in [-0.2, -0.15) is 0 Å². The summed E-state index contributed by atoms with van der Waals surface area (Å²) in [6.07, 6.45) is 0. The van der Waals surface area contributed by atoms with Gasteiger partial charge >= 0.3 is 6.03 Å². The summed E-state index contributed by atoms with van der Waals surface area (Å²) in [7, 11) is 0. The van der Waals surface area contributed by atoms with Crippen LogP contribution in [0.15, 0.2) is 58.3 Å². The Kier molecular flexibility index (Phi) is 4.99. The number of aryl methyl sites for hydroxylation is 1. The minimum Gasteiger partial charge on any atom is -0.490 e. The molecule has 0 fully saturated rings. The average molecular weight is 393 g/mol. The molecule has 28 heavy (non-hydrogen) atoms. The lowest BCUT2D eigenvalue weighted by Gasteiger charge is -2.05. The van der Waals surface area contributed by atoms with Crippen LogP contribution in [0.5, 0.6) is 5.75 Å². The zero-order valence-corrected chi connectivity index (χ0v) is 16.3. The first-order chi connectivity index (χ1) is 13.6. The third kappa shape index (κ3) is 3.84. The van der Waals surface area contributed by atoms with Crippen molar-refractivity contribution >= 4 is 39.2 Å². The monoisotopic (exact) mass is 393 g/mol. The number of furan rings is 1. The summed E-state index contributed by atoms with van der Waals surface area (Å²) < 4.78 is 11.6. The van der Waals surface area contributed by atoms with E-state index in [0.717, 1.165) is 16.6 Å². The van der Waals surface area contributed by atoms with E-state index in [-0.39, 0.29) is 6.03 Å². The molecule has 2 aromatic carbocycles. The molecule has 4 rings (SSSR count). The number of fused-ring (bicyclic) bond motifs is 1. The van der Waals surface area contributed by atoms with E-state index < -0.39 is 0 Å². The minimum atomic E-state index is -0.340. The molecular weight excluding hydrogens is 374 g/mol. The minimum absolute atomic E-state index is 0.340. The number of ether oxygens (including phenoxy) is 1. The van der Waals surface area contributed by atoms with Gasteiger partial charge in [0.2, 0.25) is 0 Å². The summed E-state index contributed by atoms with van der Waals surface area (Å²) in [5.41, 5.74) is 3.21. The Labute approximate surface area is 166 Å². The summed E-state index contributed by atoms with van der Waals surface area (Å²) >= 11 is 1.34. The third-order valence-electron chi connectivity index (χ3n) is 4.09. The highest BCUT2D eigenvalue weighted by Crippen LogP contribution is 2.34. The quantitative estimate of drug-likeness (QED) is 0.442. The molecule has 2 aromatic heterocycles. The molecular formula is C21H19N3O3S. The van der Waals surface area contributed by atoms with Crippen LogP contribution in [0.3, 0.4) is 0 Å². The van der Waals surface area contributed by atoms with Crippen LogP contribution in [0.25, 0.3) is 22.4 Å². The van der Waals surface area contributed by atoms with Crippen LogP contribution in [0.1, 0.15) is 12.5 Å². The van der Waals surface area contributed by atoms with Crippen molar-refractivity contribution in [2.75, 3.05) is 17.2 Å². The average Bonchev–Trinajstić information content (AvgIpc) is 3.31. The van der Waals surface area contributed by atoms with E-state index >= 15 is 0 Å². The standard InChI is InChI=1S/C21H19N3O3S/c1-3-26-17-6-4-5-14-11-18(27-19(14)17)16-12-28-21(23-16)24-20(25)22-15-9-7-13(2)8-10-15/h4-12H,3H2,1-2H3,(H2,22,23,24,25). The summed E-state index contributed by atoms with van der Waals surface area (Å²) in [5, 5.41) is 8.82. The molecule has 0 aliphatic rings. The Morgan fingerprint density at radius 1 is 1.18 bits per heavy atom. The van der Waals surface area contributed by atoms with E-state index in [1.807, 2.05) is 67.8 Å². The number of hydrogen-bond acceptors (Lipinski definition) is 5. The number of rotatable bonds is 5. The predicted octanol–water partition coefficient (Wildman–Crippen LogP) is 5.91. The molecule has 0 aliphatic heterocycles. The summed E-state index contributed by atoms with van der Waals surface area (Å²) in [5.74, 6) is 1.34. The number of urea groups is 1. The number of benzene rings is 2. The number of nitrogens with zero attached hydrogens (tertiary/aromatic N) is 1. The second-order valence-corrected chi connectivity index (χ2v) is 7.06. The molecule has 2 heterocycles. The lowest BCUT2D eigenvalue weighted by atomic mass is 10.2. The van der Waals surface area contributed by atoms with Crippen molar-refractivity contribution in [1.82, 2.24) is 4.98 Å². The van der Waals surface area contributed by atoms with E-state index in [1.54, 1.807) is 0 Å². The molecule has 0 atom stereocenters. The summed E-state index contributed by atoms with van der Waals surface area (Å²) in [4.78, 5) is 16.6. The third-order valence-corrected chi connectivity index (χ3v) is 4.85. The van der Waals surface area contributed by atoms with Crippen LogP contribution in [-0.2, 0) is 0 Å². The van der Waals surface area contributed by atoms with E-state index in [1.165, 1.54) is 11.3 Å². The Balaban J connectivity index is 1.49. The second kappa shape index (κ2) is 7.74. The lowest BCUT2D eigenvalue weighted by molar-refractivity contribution is 0.262. The molecule has 0 saturated carbocycles. The Hall–Kier alpha value is -3.32. The molecule has 0 radical (unpaired) electrons. The van der Waals surface area contributed by atoms with Crippen LogP contribution in [-0.4, -0.2) is 17.6 Å². The van der Waals surface area contributed by atoms with Crippen molar-refractivity contribution in [3.05, 3.63) is 59.5 Å². The van der Waals surface area contributed by atoms with E-state index in [9.17, 15) is 4.79 Å². The van der Waals surface area contributed by atoms with Gasteiger partial charge in [0.1, 0.15) is 5.69 Å². The van der Waals surface area contributed by atoms with Crippen LogP contribution in [0.4, 0.5) is 15.6 Å². The van der Waals surface area contributed by atoms with Crippen molar-refractivity contribution in [2.24, 2.45) is 0 Å². The van der Waals surface area contributed by atoms with Crippen LogP contribution >= 0.6 is 11.3 Å². The van der Waals surface area contributed by atoms with Crippen molar-refractivity contribution in [2.45, 2.75) is 13.8 Å². The Morgan fingerprint density at radius 2 is 2.00 bits per heavy atom. The van der Waals surface area contributed by atoms with Crippen LogP contribution in [0.2, 0.25) is 0 Å². The number of carbonyl (C=O) groups excluding carboxylic acids is 1. The molecule has 0 unspecified atom stereocenters. The van der Waals surface area contributed by atoms with Crippen molar-refractivity contribution < 1.29 is 13.9 Å². The van der Waals surface area contributed by atoms with E-state index in [4.69, 9.17) is 9.15 Å². The maximum Gasteiger partial charge on any atom is 0.325 e. The van der Waals surface area contributed by atoms with Gasteiger partial charge in [0.25, 0.3) is 0 Å². The summed E-state index contributed by atoms with van der Waals surface area (Å²) in [6.45, 7) is 4.50. The zero-order valence-electron chi connectivity index (χ0n) is 15.5. The number of hydrogen-bond donors (Lipinski definition) is 2. The lowest BCUT2D eigenvalue weighted by Crippen LogP contribution is -2.19. The highest BCUT2D eigenvalue weighted by atomic mass is 32.1. The molecule has 2 amide bonds. The number of para-hydroxylation sites is 1. The van der Waals surface area contributed by atoms with Gasteiger partial charge in [-0.05, 0) is 38.1 Å². The Morgan fingerprint density at radius 3 is 2.79 bits per heavy atom. The fourth-order valence-corrected chi connectivity index (χ4v) is 3.47. The maximum absolute atomic E-state index is 12.2. The van der Waals surface area contributed by atoms with Crippen LogP contribution < -0.4 is 15.4 Å². The first-order valence-electron chi connectivity index (χ1n) is 8.88. The molecule has 2 N–H and O–H groups in total. The van der Waals surface area contributed by atoms with E-state index in [2.05, 4.69) is 15.6 Å². The maximum atomic E-state index is 12.2. The Bertz CT molecular complexity index is 1120. The van der Waals surface area contributed by atoms with Crippen molar-refractivity contribution in [1.29, 1.82) is 0 Å². The number of nitrogens with one attached hydrogen (secondary N) is 2. The first-order valence-corrected chi connectivity index (χ1v) is 9.76. The smallest absolute Gasteiger partial charge is 0.325 e. The molecule has 142 valence electrons. The largest absolute Gasteiger partial charge is 0.490 e. The van der Waals surface area contributed by atoms with Gasteiger partial charge in [0, 0.05) is 16.5 Å². The molecule has 0 saturated heterocycles. The number of aromatic nitrogens is 1. The molecule has 0 spiro atoms. The van der Waals surface area contributed by atoms with Gasteiger partial charge < -0.3 is 14.5 Å². The SMILES string of the molecule is CCOc1cccc2cc(-c3csc(NC(=O)Nc4ccc(C)cc4)n3)oc12. The molecule has 0 aliphatic carbocycles. The molecule has 7 heteroatoms. The molecule has 6 nitrogen and oxygen atoms in total. The fraction of sp³-hybridized carbons (Fsp3) is 0.143. The summed E-state index contributed by atoms with van der Waals surface area (Å²) in [6, 6.07) is 14.9. The number of anilines is 2. The first kappa shape index (κ1) is 18.1. The van der Waals surface area contributed by atoms with Crippen molar-refractivity contribution in [3.8, 4) is 17.2 Å². The highest BCUT2D eigenvalue weighted by Gasteiger charge is 2.14. The second-order valence-electron chi connectivity index (χ2n) is 6.20. The van der Waals surface area contributed by atoms with Gasteiger partial charge in [-0.3, -0.25) is 5.32 Å². The zero-order chi connectivity index (χ0) is 19.5. The number of carbonyl (C=O) groups is 1. The predicted molar refractivity (Wildman–Crippen MR) is 112 cm³/mol. The van der Waals surface area contributed by atoms with Crippen molar-refractivity contribution in [3.63, 3.8) is 0 Å². The number of thiazole rings is 1. The molecule has 4 aromatic rings.